The van der Waals surface area contributed by atoms with Crippen molar-refractivity contribution in [3.8, 4) is 0 Å². The number of rotatable bonds is 2. The van der Waals surface area contributed by atoms with Gasteiger partial charge in [0.2, 0.25) is 0 Å². The number of imidazole rings is 1. The van der Waals surface area contributed by atoms with E-state index < -0.39 is 0 Å². The van der Waals surface area contributed by atoms with Crippen LogP contribution in [0.15, 0.2) is 24.4 Å². The Balaban J connectivity index is 2.11. The number of ether oxygens (including phenoxy) is 1. The van der Waals surface area contributed by atoms with Gasteiger partial charge in [0.05, 0.1) is 24.9 Å². The third-order valence-electron chi connectivity index (χ3n) is 3.59. The molecule has 0 spiro atoms. The quantitative estimate of drug-likeness (QED) is 0.837. The average molecular weight is 259 g/mol. The van der Waals surface area contributed by atoms with E-state index in [1.54, 1.807) is 12.3 Å². The number of carbonyl (C=O) groups excluding carboxylic acids is 1. The van der Waals surface area contributed by atoms with Crippen LogP contribution in [0.2, 0.25) is 0 Å². The highest BCUT2D eigenvalue weighted by atomic mass is 16.5. The number of aromatic nitrogens is 2. The van der Waals surface area contributed by atoms with Crippen molar-refractivity contribution in [3.05, 3.63) is 35.9 Å². The fourth-order valence-corrected chi connectivity index (χ4v) is 2.65. The summed E-state index contributed by atoms with van der Waals surface area (Å²) in [6.45, 7) is 1.000. The van der Waals surface area contributed by atoms with Gasteiger partial charge >= 0.3 is 5.97 Å². The van der Waals surface area contributed by atoms with Gasteiger partial charge in [-0.1, -0.05) is 12.5 Å². The number of nitrogens with one attached hydrogen (secondary N) is 1. The molecule has 3 rings (SSSR count). The zero-order valence-corrected chi connectivity index (χ0v) is 10.9. The molecule has 19 heavy (non-hydrogen) atoms. The Morgan fingerprint density at radius 2 is 2.37 bits per heavy atom. The van der Waals surface area contributed by atoms with Crippen LogP contribution in [-0.4, -0.2) is 29.0 Å². The van der Waals surface area contributed by atoms with E-state index in [4.69, 9.17) is 4.74 Å². The zero-order chi connectivity index (χ0) is 13.2. The van der Waals surface area contributed by atoms with Gasteiger partial charge in [-0.05, 0) is 31.5 Å². The fraction of sp³-hybridized carbons (Fsp3) is 0.429. The molecule has 0 amide bonds. The van der Waals surface area contributed by atoms with Gasteiger partial charge in [0.15, 0.2) is 0 Å². The van der Waals surface area contributed by atoms with Crippen LogP contribution < -0.4 is 5.32 Å². The molecule has 5 heteroatoms. The highest BCUT2D eigenvalue weighted by Gasteiger charge is 2.22. The summed E-state index contributed by atoms with van der Waals surface area (Å²) >= 11 is 0. The zero-order valence-electron chi connectivity index (χ0n) is 10.9. The fourth-order valence-electron chi connectivity index (χ4n) is 2.65. The number of fused-ring (bicyclic) bond motifs is 1. The summed E-state index contributed by atoms with van der Waals surface area (Å²) in [5.41, 5.74) is 1.45. The van der Waals surface area contributed by atoms with Gasteiger partial charge in [-0.15, -0.1) is 0 Å². The minimum atomic E-state index is -0.333. The smallest absolute Gasteiger partial charge is 0.355 e. The van der Waals surface area contributed by atoms with Crippen molar-refractivity contribution in [2.24, 2.45) is 0 Å². The second-order valence-corrected chi connectivity index (χ2v) is 4.78. The Morgan fingerprint density at radius 3 is 3.11 bits per heavy atom. The maximum absolute atomic E-state index is 11.9. The Kier molecular flexibility index (Phi) is 3.21. The standard InChI is InChI=1S/C14H17N3O2/c1-19-14(18)12-7-4-5-10-9-16-13(17(10)12)11-6-2-3-8-15-11/h4-5,7,9,11,15H,2-3,6,8H2,1H3. The molecule has 2 aromatic heterocycles. The van der Waals surface area contributed by atoms with Gasteiger partial charge < -0.3 is 10.1 Å². The Hall–Kier alpha value is -1.88. The molecular formula is C14H17N3O2. The number of pyridine rings is 1. The van der Waals surface area contributed by atoms with Crippen molar-refractivity contribution < 1.29 is 9.53 Å². The van der Waals surface area contributed by atoms with Gasteiger partial charge in [-0.2, -0.15) is 0 Å². The normalized spacial score (nSPS) is 19.5. The van der Waals surface area contributed by atoms with Gasteiger partial charge in [0.25, 0.3) is 0 Å². The maximum Gasteiger partial charge on any atom is 0.355 e. The first kappa shape index (κ1) is 12.2. The number of hydrogen-bond donors (Lipinski definition) is 1. The minimum Gasteiger partial charge on any atom is -0.464 e. The van der Waals surface area contributed by atoms with Crippen LogP contribution >= 0.6 is 0 Å². The van der Waals surface area contributed by atoms with E-state index in [1.165, 1.54) is 20.0 Å². The lowest BCUT2D eigenvalue weighted by Gasteiger charge is -2.23. The van der Waals surface area contributed by atoms with E-state index in [2.05, 4.69) is 10.3 Å². The molecule has 1 fully saturated rings. The Bertz CT molecular complexity index is 600. The van der Waals surface area contributed by atoms with Gasteiger partial charge in [0, 0.05) is 0 Å². The molecule has 1 aliphatic heterocycles. The van der Waals surface area contributed by atoms with E-state index in [0.29, 0.717) is 5.69 Å². The molecule has 5 nitrogen and oxygen atoms in total. The van der Waals surface area contributed by atoms with Crippen molar-refractivity contribution in [2.45, 2.75) is 25.3 Å². The topological polar surface area (TPSA) is 55.6 Å². The molecule has 1 atom stereocenters. The summed E-state index contributed by atoms with van der Waals surface area (Å²) < 4.78 is 6.75. The van der Waals surface area contributed by atoms with Gasteiger partial charge in [-0.25, -0.2) is 9.78 Å². The first-order chi connectivity index (χ1) is 9.31. The molecule has 0 bridgehead atoms. The van der Waals surface area contributed by atoms with E-state index in [0.717, 1.165) is 24.3 Å². The number of hydrogen-bond acceptors (Lipinski definition) is 4. The summed E-state index contributed by atoms with van der Waals surface area (Å²) in [5, 5.41) is 3.46. The van der Waals surface area contributed by atoms with E-state index in [9.17, 15) is 4.79 Å². The van der Waals surface area contributed by atoms with Crippen molar-refractivity contribution >= 4 is 11.5 Å². The predicted octanol–water partition coefficient (Wildman–Crippen LogP) is 1.94. The third kappa shape index (κ3) is 2.10. The molecule has 100 valence electrons. The lowest BCUT2D eigenvalue weighted by molar-refractivity contribution is 0.0591. The van der Waals surface area contributed by atoms with Crippen molar-refractivity contribution in [1.82, 2.24) is 14.7 Å². The van der Waals surface area contributed by atoms with Crippen molar-refractivity contribution in [1.29, 1.82) is 0 Å². The molecule has 0 radical (unpaired) electrons. The average Bonchev–Trinajstić information content (AvgIpc) is 2.91. The SMILES string of the molecule is COC(=O)c1cccc2cnc(C3CCCCN3)n12. The third-order valence-corrected chi connectivity index (χ3v) is 3.59. The molecular weight excluding hydrogens is 242 g/mol. The van der Waals surface area contributed by atoms with Gasteiger partial charge in [0.1, 0.15) is 11.5 Å². The summed E-state index contributed by atoms with van der Waals surface area (Å²) in [6.07, 6.45) is 5.24. The van der Waals surface area contributed by atoms with Crippen molar-refractivity contribution in [3.63, 3.8) is 0 Å². The summed E-state index contributed by atoms with van der Waals surface area (Å²) in [7, 11) is 1.40. The molecule has 0 aromatic carbocycles. The van der Waals surface area contributed by atoms with Crippen LogP contribution in [0.4, 0.5) is 0 Å². The Labute approximate surface area is 111 Å². The van der Waals surface area contributed by atoms with Crippen molar-refractivity contribution in [2.75, 3.05) is 13.7 Å². The first-order valence-corrected chi connectivity index (χ1v) is 6.59. The lowest BCUT2D eigenvalue weighted by Crippen LogP contribution is -2.29. The molecule has 1 N–H and O–H groups in total. The van der Waals surface area contributed by atoms with Crippen LogP contribution in [0.1, 0.15) is 41.6 Å². The van der Waals surface area contributed by atoms with E-state index >= 15 is 0 Å². The van der Waals surface area contributed by atoms with E-state index in [-0.39, 0.29) is 12.0 Å². The summed E-state index contributed by atoms with van der Waals surface area (Å²) in [4.78, 5) is 16.4. The number of piperidine rings is 1. The number of nitrogens with zero attached hydrogens (tertiary/aromatic N) is 2. The summed E-state index contributed by atoms with van der Waals surface area (Å²) in [6, 6.07) is 5.78. The Morgan fingerprint density at radius 1 is 1.47 bits per heavy atom. The second-order valence-electron chi connectivity index (χ2n) is 4.78. The maximum atomic E-state index is 11.9. The van der Waals surface area contributed by atoms with Crippen LogP contribution in [0, 0.1) is 0 Å². The second kappa shape index (κ2) is 5.01. The number of esters is 1. The highest BCUT2D eigenvalue weighted by molar-refractivity contribution is 5.88. The molecule has 2 aromatic rings. The molecule has 0 aliphatic carbocycles. The monoisotopic (exact) mass is 259 g/mol. The molecule has 0 saturated carbocycles. The largest absolute Gasteiger partial charge is 0.464 e. The predicted molar refractivity (Wildman–Crippen MR) is 71.1 cm³/mol. The number of methoxy groups -OCH3 is 1. The van der Waals surface area contributed by atoms with Gasteiger partial charge in [-0.3, -0.25) is 4.40 Å². The lowest BCUT2D eigenvalue weighted by atomic mass is 10.0. The van der Waals surface area contributed by atoms with Crippen LogP contribution in [0.3, 0.4) is 0 Å². The number of carbonyl (C=O) groups is 1. The van der Waals surface area contributed by atoms with E-state index in [1.807, 2.05) is 16.5 Å². The molecule has 1 saturated heterocycles. The molecule has 3 heterocycles. The molecule has 1 aliphatic rings. The van der Waals surface area contributed by atoms with Crippen LogP contribution in [-0.2, 0) is 4.74 Å². The summed E-state index contributed by atoms with van der Waals surface area (Å²) in [5.74, 6) is 0.566. The highest BCUT2D eigenvalue weighted by Crippen LogP contribution is 2.24. The first-order valence-electron chi connectivity index (χ1n) is 6.59. The van der Waals surface area contributed by atoms with Crippen LogP contribution in [0.5, 0.6) is 0 Å². The van der Waals surface area contributed by atoms with Crippen LogP contribution in [0.25, 0.3) is 5.52 Å². The minimum absolute atomic E-state index is 0.210. The molecule has 1 unspecified atom stereocenters.